The summed E-state index contributed by atoms with van der Waals surface area (Å²) < 4.78 is 14.9. The Bertz CT molecular complexity index is 235. The molecule has 102 valence electrons. The van der Waals surface area contributed by atoms with Crippen molar-refractivity contribution in [3.05, 3.63) is 0 Å². The SMILES string of the molecule is CCOC(C)(O)OCCNC(=O)OC(C)(C)C. The molecule has 0 saturated carbocycles. The predicted octanol–water partition coefficient (Wildman–Crippen LogP) is 1.23. The molecule has 0 heterocycles. The molecule has 2 N–H and O–H groups in total. The van der Waals surface area contributed by atoms with Crippen LogP contribution in [0, 0.1) is 0 Å². The molecule has 1 atom stereocenters. The number of carbonyl (C=O) groups excluding carboxylic acids is 1. The van der Waals surface area contributed by atoms with E-state index in [1.807, 2.05) is 0 Å². The third-order valence-corrected chi connectivity index (χ3v) is 1.55. The Morgan fingerprint density at radius 3 is 2.29 bits per heavy atom. The molecule has 0 radical (unpaired) electrons. The predicted molar refractivity (Wildman–Crippen MR) is 62.4 cm³/mol. The molecule has 1 unspecified atom stereocenters. The number of rotatable bonds is 6. The second kappa shape index (κ2) is 6.78. The summed E-state index contributed by atoms with van der Waals surface area (Å²) in [6, 6.07) is 0. The second-order valence-electron chi connectivity index (χ2n) is 4.61. The van der Waals surface area contributed by atoms with Gasteiger partial charge in [-0.3, -0.25) is 0 Å². The molecule has 0 aliphatic carbocycles. The molecule has 0 bridgehead atoms. The zero-order chi connectivity index (χ0) is 13.5. The van der Waals surface area contributed by atoms with Crippen LogP contribution >= 0.6 is 0 Å². The van der Waals surface area contributed by atoms with Crippen molar-refractivity contribution >= 4 is 6.09 Å². The first-order chi connectivity index (χ1) is 7.66. The van der Waals surface area contributed by atoms with E-state index < -0.39 is 17.7 Å². The van der Waals surface area contributed by atoms with Crippen LogP contribution in [0.4, 0.5) is 4.79 Å². The average molecular weight is 249 g/mol. The van der Waals surface area contributed by atoms with E-state index in [0.717, 1.165) is 0 Å². The van der Waals surface area contributed by atoms with E-state index >= 15 is 0 Å². The number of nitrogens with one attached hydrogen (secondary N) is 1. The van der Waals surface area contributed by atoms with Gasteiger partial charge in [0.15, 0.2) is 0 Å². The van der Waals surface area contributed by atoms with Crippen LogP contribution in [0.1, 0.15) is 34.6 Å². The van der Waals surface area contributed by atoms with Gasteiger partial charge in [-0.05, 0) is 27.7 Å². The van der Waals surface area contributed by atoms with Gasteiger partial charge in [-0.25, -0.2) is 4.79 Å². The Kier molecular flexibility index (Phi) is 6.44. The molecule has 6 heteroatoms. The van der Waals surface area contributed by atoms with Crippen molar-refractivity contribution in [2.75, 3.05) is 19.8 Å². The van der Waals surface area contributed by atoms with Crippen molar-refractivity contribution in [1.29, 1.82) is 0 Å². The first-order valence-corrected chi connectivity index (χ1v) is 5.63. The summed E-state index contributed by atoms with van der Waals surface area (Å²) in [5.74, 6) is -1.62. The Morgan fingerprint density at radius 1 is 1.24 bits per heavy atom. The second-order valence-corrected chi connectivity index (χ2v) is 4.61. The fraction of sp³-hybridized carbons (Fsp3) is 0.909. The van der Waals surface area contributed by atoms with Crippen LogP contribution in [0.2, 0.25) is 0 Å². The molecule has 17 heavy (non-hydrogen) atoms. The van der Waals surface area contributed by atoms with Gasteiger partial charge in [0.05, 0.1) is 6.61 Å². The van der Waals surface area contributed by atoms with E-state index in [4.69, 9.17) is 14.2 Å². The Morgan fingerprint density at radius 2 is 1.82 bits per heavy atom. The van der Waals surface area contributed by atoms with Crippen LogP contribution in [0.25, 0.3) is 0 Å². The number of aliphatic hydroxyl groups is 1. The highest BCUT2D eigenvalue weighted by Gasteiger charge is 2.21. The molecule has 6 nitrogen and oxygen atoms in total. The van der Waals surface area contributed by atoms with E-state index in [2.05, 4.69) is 5.32 Å². The van der Waals surface area contributed by atoms with Crippen LogP contribution < -0.4 is 5.32 Å². The molecule has 0 aliphatic heterocycles. The molecule has 0 saturated heterocycles. The highest BCUT2D eigenvalue weighted by molar-refractivity contribution is 5.67. The van der Waals surface area contributed by atoms with Crippen LogP contribution in [0.5, 0.6) is 0 Å². The van der Waals surface area contributed by atoms with E-state index in [1.165, 1.54) is 6.92 Å². The molecular formula is C11H23NO5. The van der Waals surface area contributed by atoms with Crippen molar-refractivity contribution in [2.24, 2.45) is 0 Å². The van der Waals surface area contributed by atoms with E-state index in [-0.39, 0.29) is 13.2 Å². The first kappa shape index (κ1) is 16.1. The summed E-state index contributed by atoms with van der Waals surface area (Å²) in [4.78, 5) is 11.2. The van der Waals surface area contributed by atoms with Crippen molar-refractivity contribution in [3.63, 3.8) is 0 Å². The fourth-order valence-electron chi connectivity index (χ4n) is 1.02. The Hall–Kier alpha value is -0.850. The lowest BCUT2D eigenvalue weighted by Crippen LogP contribution is -2.38. The lowest BCUT2D eigenvalue weighted by molar-refractivity contribution is -0.346. The van der Waals surface area contributed by atoms with Crippen molar-refractivity contribution in [3.8, 4) is 0 Å². The van der Waals surface area contributed by atoms with E-state index in [9.17, 15) is 9.90 Å². The topological polar surface area (TPSA) is 77.0 Å². The lowest BCUT2D eigenvalue weighted by atomic mass is 10.2. The zero-order valence-corrected chi connectivity index (χ0v) is 11.2. The summed E-state index contributed by atoms with van der Waals surface area (Å²) in [5.41, 5.74) is -0.526. The number of carbonyl (C=O) groups is 1. The summed E-state index contributed by atoms with van der Waals surface area (Å²) in [6.45, 7) is 9.19. The molecule has 0 aromatic heterocycles. The van der Waals surface area contributed by atoms with Crippen LogP contribution in [0.3, 0.4) is 0 Å². The monoisotopic (exact) mass is 249 g/mol. The van der Waals surface area contributed by atoms with Gasteiger partial charge in [0.1, 0.15) is 5.60 Å². The molecule has 0 rings (SSSR count). The molecule has 0 aromatic carbocycles. The van der Waals surface area contributed by atoms with Gasteiger partial charge in [-0.15, -0.1) is 0 Å². The van der Waals surface area contributed by atoms with E-state index in [1.54, 1.807) is 27.7 Å². The van der Waals surface area contributed by atoms with Gasteiger partial charge in [0, 0.05) is 20.1 Å². The smallest absolute Gasteiger partial charge is 0.407 e. The lowest BCUT2D eigenvalue weighted by Gasteiger charge is -2.23. The van der Waals surface area contributed by atoms with Gasteiger partial charge in [0.2, 0.25) is 0 Å². The highest BCUT2D eigenvalue weighted by atomic mass is 16.8. The minimum absolute atomic E-state index is 0.131. The minimum Gasteiger partial charge on any atom is -0.444 e. The van der Waals surface area contributed by atoms with Crippen molar-refractivity contribution < 1.29 is 24.1 Å². The third kappa shape index (κ3) is 10.0. The number of alkyl carbamates (subject to hydrolysis) is 1. The quantitative estimate of drug-likeness (QED) is 0.547. The molecule has 0 aliphatic rings. The number of ether oxygens (including phenoxy) is 3. The average Bonchev–Trinajstić information content (AvgIpc) is 2.09. The maximum absolute atomic E-state index is 11.2. The summed E-state index contributed by atoms with van der Waals surface area (Å²) in [5, 5.41) is 12.0. The van der Waals surface area contributed by atoms with Crippen LogP contribution in [0.15, 0.2) is 0 Å². The number of hydrogen-bond acceptors (Lipinski definition) is 5. The first-order valence-electron chi connectivity index (χ1n) is 5.63. The van der Waals surface area contributed by atoms with Gasteiger partial charge in [-0.2, -0.15) is 0 Å². The van der Waals surface area contributed by atoms with Crippen LogP contribution in [-0.2, 0) is 14.2 Å². The Labute approximate surface area is 102 Å². The largest absolute Gasteiger partial charge is 0.444 e. The third-order valence-electron chi connectivity index (χ3n) is 1.55. The zero-order valence-electron chi connectivity index (χ0n) is 11.2. The normalized spacial score (nSPS) is 15.2. The highest BCUT2D eigenvalue weighted by Crippen LogP contribution is 2.07. The molecular weight excluding hydrogens is 226 g/mol. The van der Waals surface area contributed by atoms with Crippen molar-refractivity contribution in [2.45, 2.75) is 46.2 Å². The molecule has 1 amide bonds. The van der Waals surface area contributed by atoms with Crippen LogP contribution in [-0.4, -0.2) is 42.5 Å². The summed E-state index contributed by atoms with van der Waals surface area (Å²) >= 11 is 0. The minimum atomic E-state index is -1.62. The van der Waals surface area contributed by atoms with Gasteiger partial charge >= 0.3 is 6.09 Å². The van der Waals surface area contributed by atoms with Gasteiger partial charge in [0.25, 0.3) is 5.97 Å². The van der Waals surface area contributed by atoms with Gasteiger partial charge < -0.3 is 24.6 Å². The maximum Gasteiger partial charge on any atom is 0.407 e. The summed E-state index contributed by atoms with van der Waals surface area (Å²) in [7, 11) is 0. The molecule has 0 aromatic rings. The molecule has 0 fully saturated rings. The van der Waals surface area contributed by atoms with Crippen molar-refractivity contribution in [1.82, 2.24) is 5.32 Å². The summed E-state index contributed by atoms with van der Waals surface area (Å²) in [6.07, 6.45) is -0.517. The number of amides is 1. The fourth-order valence-corrected chi connectivity index (χ4v) is 1.02. The van der Waals surface area contributed by atoms with E-state index in [0.29, 0.717) is 6.61 Å². The standard InChI is InChI=1S/C11H23NO5/c1-6-15-11(5,14)16-8-7-12-9(13)17-10(2,3)4/h14H,6-8H2,1-5H3,(H,12,13). The number of hydrogen-bond donors (Lipinski definition) is 2. The Balaban J connectivity index is 3.68. The maximum atomic E-state index is 11.2. The molecule has 0 spiro atoms. The van der Waals surface area contributed by atoms with Gasteiger partial charge in [-0.1, -0.05) is 0 Å².